The average molecular weight is 344 g/mol. The molecule has 0 aromatic rings. The Kier molecular flexibility index (Phi) is 5.47. The summed E-state index contributed by atoms with van der Waals surface area (Å²) in [6.07, 6.45) is 5.93. The molecule has 5 nitrogen and oxygen atoms in total. The Morgan fingerprint density at radius 1 is 1.18 bits per heavy atom. The van der Waals surface area contributed by atoms with E-state index in [2.05, 4.69) is 17.8 Å². The fourth-order valence-corrected chi connectivity index (χ4v) is 4.44. The molecule has 5 unspecified atom stereocenters. The van der Waals surface area contributed by atoms with E-state index >= 15 is 0 Å². The lowest BCUT2D eigenvalue weighted by molar-refractivity contribution is 0.0131. The van der Waals surface area contributed by atoms with Crippen LogP contribution in [0.5, 0.6) is 0 Å². The molecule has 0 spiro atoms. The second kappa shape index (κ2) is 6.82. The van der Waals surface area contributed by atoms with Gasteiger partial charge in [0.25, 0.3) is 0 Å². The fraction of sp³-hybridized carbons (Fsp3) is 0.733. The highest BCUT2D eigenvalue weighted by molar-refractivity contribution is 7.80. The highest BCUT2D eigenvalue weighted by Gasteiger charge is 2.37. The van der Waals surface area contributed by atoms with Crippen molar-refractivity contribution in [1.29, 1.82) is 0 Å². The van der Waals surface area contributed by atoms with E-state index in [1.54, 1.807) is 6.92 Å². The first kappa shape index (κ1) is 17.7. The molecular weight excluding hydrogens is 324 g/mol. The van der Waals surface area contributed by atoms with Gasteiger partial charge in [-0.25, -0.2) is 4.21 Å². The molecule has 0 N–H and O–H groups in total. The SMILES string of the molecule is C#CC1CC(C)(CC#CC2CC(C)(C)CS(=O)O2)OS(=O)O1. The maximum absolute atomic E-state index is 11.7. The minimum absolute atomic E-state index is 0.0579. The largest absolute Gasteiger partial charge is 0.306 e. The molecule has 0 aliphatic carbocycles. The molecule has 2 fully saturated rings. The maximum Gasteiger partial charge on any atom is 0.306 e. The third-order valence-electron chi connectivity index (χ3n) is 3.46. The van der Waals surface area contributed by atoms with Crippen LogP contribution in [-0.4, -0.2) is 32.0 Å². The van der Waals surface area contributed by atoms with Gasteiger partial charge in [-0.05, 0) is 18.8 Å². The van der Waals surface area contributed by atoms with Gasteiger partial charge in [-0.3, -0.25) is 12.5 Å². The van der Waals surface area contributed by atoms with Crippen LogP contribution in [-0.2, 0) is 35.0 Å². The van der Waals surface area contributed by atoms with Crippen LogP contribution in [0.2, 0.25) is 0 Å². The summed E-state index contributed by atoms with van der Waals surface area (Å²) in [5.74, 6) is 8.94. The van der Waals surface area contributed by atoms with Crippen molar-refractivity contribution >= 4 is 22.4 Å². The fourth-order valence-electron chi connectivity index (χ4n) is 2.43. The molecule has 5 atom stereocenters. The minimum Gasteiger partial charge on any atom is -0.274 e. The molecule has 7 heteroatoms. The molecule has 0 amide bonds. The molecule has 2 saturated heterocycles. The summed E-state index contributed by atoms with van der Waals surface area (Å²) in [5, 5.41) is 0. The minimum atomic E-state index is -1.86. The van der Waals surface area contributed by atoms with Crippen molar-refractivity contribution in [2.45, 2.75) is 57.8 Å². The zero-order valence-corrected chi connectivity index (χ0v) is 14.6. The molecule has 0 aromatic heterocycles. The number of hydrogen-bond donors (Lipinski definition) is 0. The van der Waals surface area contributed by atoms with Gasteiger partial charge in [0.15, 0.2) is 11.1 Å². The molecule has 2 rings (SSSR count). The van der Waals surface area contributed by atoms with Gasteiger partial charge in [-0.2, -0.15) is 4.21 Å². The van der Waals surface area contributed by atoms with Crippen LogP contribution in [0.15, 0.2) is 0 Å². The summed E-state index contributed by atoms with van der Waals surface area (Å²) in [7, 11) is 0. The van der Waals surface area contributed by atoms with Gasteiger partial charge in [0, 0.05) is 12.8 Å². The van der Waals surface area contributed by atoms with Crippen molar-refractivity contribution in [1.82, 2.24) is 0 Å². The molecule has 2 aliphatic heterocycles. The third kappa shape index (κ3) is 4.91. The zero-order valence-electron chi connectivity index (χ0n) is 12.9. The monoisotopic (exact) mass is 344 g/mol. The second-order valence-electron chi connectivity index (χ2n) is 6.59. The van der Waals surface area contributed by atoms with Crippen LogP contribution in [0.3, 0.4) is 0 Å². The molecule has 2 heterocycles. The second-order valence-corrected chi connectivity index (χ2v) is 8.45. The van der Waals surface area contributed by atoms with Gasteiger partial charge in [0.2, 0.25) is 0 Å². The van der Waals surface area contributed by atoms with E-state index in [9.17, 15) is 8.42 Å². The summed E-state index contributed by atoms with van der Waals surface area (Å²) >= 11 is -3.16. The van der Waals surface area contributed by atoms with Gasteiger partial charge in [0.05, 0.1) is 11.4 Å². The third-order valence-corrected chi connectivity index (χ3v) is 5.85. The summed E-state index contributed by atoms with van der Waals surface area (Å²) in [6, 6.07) is 0. The van der Waals surface area contributed by atoms with Gasteiger partial charge in [-0.1, -0.05) is 31.6 Å². The summed E-state index contributed by atoms with van der Waals surface area (Å²) in [5.41, 5.74) is -0.784. The molecule has 2 aliphatic rings. The lowest BCUT2D eigenvalue weighted by Crippen LogP contribution is -2.40. The standard InChI is InChI=1S/C15H20O5S2/c1-5-12-10-15(4,20-22(17)19-12)8-6-7-13-9-14(2,3)11-21(16)18-13/h1,12-13H,8-11H2,2-4H3. The molecule has 0 bridgehead atoms. The maximum atomic E-state index is 11.7. The van der Waals surface area contributed by atoms with Crippen LogP contribution in [0, 0.1) is 29.6 Å². The van der Waals surface area contributed by atoms with Gasteiger partial charge < -0.3 is 0 Å². The van der Waals surface area contributed by atoms with Crippen molar-refractivity contribution in [3.05, 3.63) is 0 Å². The Labute approximate surface area is 137 Å². The lowest BCUT2D eigenvalue weighted by atomic mass is 9.88. The Morgan fingerprint density at radius 3 is 2.55 bits per heavy atom. The van der Waals surface area contributed by atoms with Crippen LogP contribution < -0.4 is 0 Å². The highest BCUT2D eigenvalue weighted by atomic mass is 32.2. The first-order valence-corrected chi connectivity index (χ1v) is 9.24. The number of terminal acetylenes is 1. The van der Waals surface area contributed by atoms with E-state index < -0.39 is 34.1 Å². The zero-order chi connectivity index (χ0) is 16.4. The summed E-state index contributed by atoms with van der Waals surface area (Å²) in [6.45, 7) is 5.90. The first-order chi connectivity index (χ1) is 10.2. The number of rotatable bonds is 1. The quantitative estimate of drug-likeness (QED) is 0.677. The molecule has 122 valence electrons. The van der Waals surface area contributed by atoms with Gasteiger partial charge in [0.1, 0.15) is 12.2 Å². The van der Waals surface area contributed by atoms with E-state index in [1.165, 1.54) is 0 Å². The van der Waals surface area contributed by atoms with Crippen LogP contribution >= 0.6 is 0 Å². The predicted octanol–water partition coefficient (Wildman–Crippen LogP) is 1.63. The highest BCUT2D eigenvalue weighted by Crippen LogP contribution is 2.31. The Balaban J connectivity index is 1.99. The van der Waals surface area contributed by atoms with Crippen molar-refractivity contribution in [2.75, 3.05) is 5.75 Å². The normalized spacial score (nSPS) is 41.0. The van der Waals surface area contributed by atoms with E-state index in [4.69, 9.17) is 19.0 Å². The van der Waals surface area contributed by atoms with Crippen LogP contribution in [0.4, 0.5) is 0 Å². The van der Waals surface area contributed by atoms with Crippen LogP contribution in [0.25, 0.3) is 0 Å². The summed E-state index contributed by atoms with van der Waals surface area (Å²) in [4.78, 5) is 0. The van der Waals surface area contributed by atoms with Crippen molar-refractivity contribution < 1.29 is 21.0 Å². The van der Waals surface area contributed by atoms with Crippen molar-refractivity contribution in [3.8, 4) is 24.2 Å². The average Bonchev–Trinajstić information content (AvgIpc) is 2.34. The molecule has 0 aromatic carbocycles. The Hall–Kier alpha value is -0.700. The molecule has 0 radical (unpaired) electrons. The molecule has 0 saturated carbocycles. The van der Waals surface area contributed by atoms with E-state index in [0.717, 1.165) is 6.42 Å². The first-order valence-electron chi connectivity index (χ1n) is 7.00. The lowest BCUT2D eigenvalue weighted by Gasteiger charge is -2.33. The van der Waals surface area contributed by atoms with Gasteiger partial charge >= 0.3 is 11.4 Å². The van der Waals surface area contributed by atoms with Crippen molar-refractivity contribution in [3.63, 3.8) is 0 Å². The van der Waals surface area contributed by atoms with E-state index in [-0.39, 0.29) is 11.5 Å². The molecular formula is C15H20O5S2. The summed E-state index contributed by atoms with van der Waals surface area (Å²) < 4.78 is 38.8. The Bertz CT molecular complexity index is 583. The Morgan fingerprint density at radius 2 is 1.91 bits per heavy atom. The number of hydrogen-bond acceptors (Lipinski definition) is 5. The van der Waals surface area contributed by atoms with E-state index in [1.807, 2.05) is 13.8 Å². The van der Waals surface area contributed by atoms with Crippen LogP contribution in [0.1, 0.15) is 40.0 Å². The predicted molar refractivity (Wildman–Crippen MR) is 84.6 cm³/mol. The van der Waals surface area contributed by atoms with Crippen molar-refractivity contribution in [2.24, 2.45) is 5.41 Å². The molecule has 22 heavy (non-hydrogen) atoms. The topological polar surface area (TPSA) is 61.8 Å². The smallest absolute Gasteiger partial charge is 0.274 e. The van der Waals surface area contributed by atoms with E-state index in [0.29, 0.717) is 18.6 Å². The van der Waals surface area contributed by atoms with Gasteiger partial charge in [-0.15, -0.1) is 6.42 Å².